The van der Waals surface area contributed by atoms with E-state index in [9.17, 15) is 0 Å². The van der Waals surface area contributed by atoms with Crippen LogP contribution in [0.2, 0.25) is 10.0 Å². The molecule has 0 fully saturated rings. The molecule has 0 aromatic heterocycles. The average molecular weight is 438 g/mol. The Hall–Kier alpha value is -1.40. The highest BCUT2D eigenvalue weighted by Gasteiger charge is 2.28. The van der Waals surface area contributed by atoms with Crippen molar-refractivity contribution in [3.63, 3.8) is 0 Å². The van der Waals surface area contributed by atoms with Gasteiger partial charge in [-0.2, -0.15) is 0 Å². The Morgan fingerprint density at radius 3 is 1.52 bits per heavy atom. The quantitative estimate of drug-likeness (QED) is 0.539. The maximum atomic E-state index is 6.44. The summed E-state index contributed by atoms with van der Waals surface area (Å²) in [6.45, 7) is 13.3. The second kappa shape index (κ2) is 9.61. The van der Waals surface area contributed by atoms with Gasteiger partial charge < -0.3 is 19.7 Å². The van der Waals surface area contributed by atoms with Gasteiger partial charge >= 0.3 is 7.32 Å². The van der Waals surface area contributed by atoms with Crippen LogP contribution in [-0.2, 0) is 15.5 Å². The zero-order valence-electron chi connectivity index (χ0n) is 18.0. The molecule has 158 valence electrons. The summed E-state index contributed by atoms with van der Waals surface area (Å²) in [5, 5.41) is 1.26. The molecule has 0 heterocycles. The Balaban J connectivity index is 2.20. The van der Waals surface area contributed by atoms with Crippen molar-refractivity contribution in [2.24, 2.45) is 5.73 Å². The fourth-order valence-electron chi connectivity index (χ4n) is 2.83. The smallest absolute Gasteiger partial charge is 0.501 e. The van der Waals surface area contributed by atoms with Gasteiger partial charge in [0, 0.05) is 23.2 Å². The van der Waals surface area contributed by atoms with Crippen molar-refractivity contribution in [2.75, 3.05) is 13.2 Å². The maximum Gasteiger partial charge on any atom is 0.788 e. The first-order valence-electron chi connectivity index (χ1n) is 9.67. The molecule has 0 aliphatic carbocycles. The molecule has 29 heavy (non-hydrogen) atoms. The summed E-state index contributed by atoms with van der Waals surface area (Å²) in [6.07, 6.45) is 0. The van der Waals surface area contributed by atoms with Crippen molar-refractivity contribution in [3.05, 3.63) is 57.6 Å². The Morgan fingerprint density at radius 1 is 0.793 bits per heavy atom. The van der Waals surface area contributed by atoms with E-state index < -0.39 is 7.32 Å². The molecule has 2 aromatic carbocycles. The van der Waals surface area contributed by atoms with Crippen LogP contribution in [0.5, 0.6) is 11.5 Å². The van der Waals surface area contributed by atoms with Gasteiger partial charge in [-0.1, -0.05) is 76.9 Å². The molecule has 7 heteroatoms. The first-order chi connectivity index (χ1) is 13.4. The third-order valence-electron chi connectivity index (χ3n) is 4.33. The van der Waals surface area contributed by atoms with Gasteiger partial charge in [0.05, 0.1) is 0 Å². The maximum absolute atomic E-state index is 6.44. The minimum Gasteiger partial charge on any atom is -0.501 e. The lowest BCUT2D eigenvalue weighted by Crippen LogP contribution is -2.35. The third-order valence-corrected chi connectivity index (χ3v) is 4.96. The molecule has 0 spiro atoms. The minimum atomic E-state index is -0.980. The van der Waals surface area contributed by atoms with Crippen molar-refractivity contribution in [1.29, 1.82) is 0 Å². The molecule has 0 atom stereocenters. The normalized spacial score (nSPS) is 12.0. The fraction of sp³-hybridized carbons (Fsp3) is 0.455. The second-order valence-corrected chi connectivity index (χ2v) is 9.78. The predicted molar refractivity (Wildman–Crippen MR) is 122 cm³/mol. The van der Waals surface area contributed by atoms with E-state index in [2.05, 4.69) is 41.5 Å². The van der Waals surface area contributed by atoms with Crippen LogP contribution >= 0.6 is 23.2 Å². The van der Waals surface area contributed by atoms with E-state index in [0.717, 1.165) is 11.1 Å². The van der Waals surface area contributed by atoms with Gasteiger partial charge in [-0.3, -0.25) is 0 Å². The molecular formula is C22H30BCl2NO3. The van der Waals surface area contributed by atoms with E-state index in [-0.39, 0.29) is 17.4 Å². The third kappa shape index (κ3) is 6.82. The van der Waals surface area contributed by atoms with Gasteiger partial charge in [-0.25, -0.2) is 0 Å². The van der Waals surface area contributed by atoms with Crippen LogP contribution in [0.25, 0.3) is 0 Å². The molecule has 0 saturated carbocycles. The van der Waals surface area contributed by atoms with E-state index in [0.29, 0.717) is 28.1 Å². The zero-order chi connectivity index (χ0) is 21.8. The van der Waals surface area contributed by atoms with Crippen LogP contribution in [0.1, 0.15) is 52.7 Å². The molecule has 0 saturated heterocycles. The monoisotopic (exact) mass is 437 g/mol. The number of nitrogens with two attached hydrogens (primary N) is 1. The summed E-state index contributed by atoms with van der Waals surface area (Å²) in [5.74, 6) is 1.09. The second-order valence-electron chi connectivity index (χ2n) is 8.97. The van der Waals surface area contributed by atoms with Gasteiger partial charge in [-0.15, -0.1) is 0 Å². The largest absolute Gasteiger partial charge is 0.788 e. The van der Waals surface area contributed by atoms with Crippen molar-refractivity contribution in [3.8, 4) is 11.5 Å². The van der Waals surface area contributed by atoms with Gasteiger partial charge in [0.15, 0.2) is 0 Å². The van der Waals surface area contributed by atoms with Crippen molar-refractivity contribution in [2.45, 2.75) is 52.4 Å². The Morgan fingerprint density at radius 2 is 1.21 bits per heavy atom. The van der Waals surface area contributed by atoms with Crippen molar-refractivity contribution >= 4 is 30.5 Å². The summed E-state index contributed by atoms with van der Waals surface area (Å²) in [5.41, 5.74) is 7.52. The van der Waals surface area contributed by atoms with E-state index in [4.69, 9.17) is 42.9 Å². The van der Waals surface area contributed by atoms with Gasteiger partial charge in [-0.05, 0) is 46.2 Å². The molecule has 0 amide bonds. The molecule has 0 aliphatic heterocycles. The fourth-order valence-corrected chi connectivity index (χ4v) is 3.74. The zero-order valence-corrected chi connectivity index (χ0v) is 19.5. The van der Waals surface area contributed by atoms with Crippen LogP contribution in [0.3, 0.4) is 0 Å². The number of hydrogen-bond donors (Lipinski definition) is 1. The van der Waals surface area contributed by atoms with Crippen LogP contribution in [0.4, 0.5) is 0 Å². The lowest BCUT2D eigenvalue weighted by molar-refractivity contribution is 0.206. The molecule has 0 unspecified atom stereocenters. The SMILES string of the molecule is CC(C)(C)c1ccc(OB(OCCN)Oc2ccc(C(C)(C)C)c(Cl)c2)cc1Cl. The van der Waals surface area contributed by atoms with Crippen LogP contribution < -0.4 is 15.0 Å². The summed E-state index contributed by atoms with van der Waals surface area (Å²) in [4.78, 5) is 0. The Bertz CT molecular complexity index is 766. The average Bonchev–Trinajstić information content (AvgIpc) is 2.57. The summed E-state index contributed by atoms with van der Waals surface area (Å²) < 4.78 is 17.4. The molecule has 2 N–H and O–H groups in total. The Labute approximate surface area is 184 Å². The Kier molecular flexibility index (Phi) is 7.91. The van der Waals surface area contributed by atoms with Crippen LogP contribution in [0, 0.1) is 0 Å². The van der Waals surface area contributed by atoms with Gasteiger partial charge in [0.2, 0.25) is 0 Å². The lowest BCUT2D eigenvalue weighted by atomic mass is 9.87. The van der Waals surface area contributed by atoms with E-state index in [1.165, 1.54) is 0 Å². The van der Waals surface area contributed by atoms with Crippen LogP contribution in [-0.4, -0.2) is 20.5 Å². The molecule has 4 nitrogen and oxygen atoms in total. The van der Waals surface area contributed by atoms with E-state index in [1.54, 1.807) is 12.1 Å². The molecule has 2 aromatic rings. The highest BCUT2D eigenvalue weighted by atomic mass is 35.5. The van der Waals surface area contributed by atoms with E-state index in [1.807, 2.05) is 24.3 Å². The topological polar surface area (TPSA) is 53.7 Å². The molecule has 2 rings (SSSR count). The highest BCUT2D eigenvalue weighted by molar-refractivity contribution is 6.39. The summed E-state index contributed by atoms with van der Waals surface area (Å²) in [7, 11) is -0.980. The number of benzene rings is 2. The van der Waals surface area contributed by atoms with Gasteiger partial charge in [0.1, 0.15) is 11.5 Å². The predicted octanol–water partition coefficient (Wildman–Crippen LogP) is 6.01. The van der Waals surface area contributed by atoms with Gasteiger partial charge in [0.25, 0.3) is 0 Å². The summed E-state index contributed by atoms with van der Waals surface area (Å²) >= 11 is 12.9. The first-order valence-corrected chi connectivity index (χ1v) is 10.4. The molecule has 0 aliphatic rings. The lowest BCUT2D eigenvalue weighted by Gasteiger charge is -2.23. The van der Waals surface area contributed by atoms with Crippen molar-refractivity contribution in [1.82, 2.24) is 0 Å². The number of halogens is 2. The van der Waals surface area contributed by atoms with Crippen molar-refractivity contribution < 1.29 is 14.0 Å². The molecular weight excluding hydrogens is 408 g/mol. The number of rotatable bonds is 7. The molecule has 0 radical (unpaired) electrons. The minimum absolute atomic E-state index is 0.0624. The number of hydrogen-bond acceptors (Lipinski definition) is 4. The first kappa shape index (κ1) is 23.9. The van der Waals surface area contributed by atoms with Crippen LogP contribution in [0.15, 0.2) is 36.4 Å². The highest BCUT2D eigenvalue weighted by Crippen LogP contribution is 2.34. The molecule has 0 bridgehead atoms. The van der Waals surface area contributed by atoms with E-state index >= 15 is 0 Å². The summed E-state index contributed by atoms with van der Waals surface area (Å²) in [6, 6.07) is 11.1. The standard InChI is InChI=1S/C22H30BCl2NO3/c1-21(2,3)17-9-7-15(13-19(17)24)28-23(27-12-11-26)29-16-8-10-18(20(25)14-16)22(4,5)6/h7-10,13-14H,11-12,26H2,1-6H3.